The Labute approximate surface area is 171 Å². The Morgan fingerprint density at radius 3 is 2.50 bits per heavy atom. The zero-order chi connectivity index (χ0) is 19.7. The molecule has 1 aliphatic carbocycles. The van der Waals surface area contributed by atoms with Crippen LogP contribution in [-0.2, 0) is 31.3 Å². The normalized spacial score (nSPS) is 18.5. The second-order valence-corrected chi connectivity index (χ2v) is 10.1. The summed E-state index contributed by atoms with van der Waals surface area (Å²) in [7, 11) is 0. The Bertz CT molecular complexity index is 852. The van der Waals surface area contributed by atoms with Crippen molar-refractivity contribution in [1.82, 2.24) is 24.6 Å². The molecule has 2 aliphatic rings. The van der Waals surface area contributed by atoms with E-state index in [2.05, 4.69) is 35.7 Å². The summed E-state index contributed by atoms with van der Waals surface area (Å²) in [4.78, 5) is 23.5. The number of fused-ring (bicyclic) bond motifs is 1. The van der Waals surface area contributed by atoms with Gasteiger partial charge in [-0.05, 0) is 25.3 Å². The molecule has 0 radical (unpaired) electrons. The van der Waals surface area contributed by atoms with Crippen LogP contribution in [0.1, 0.15) is 48.5 Å². The maximum absolute atomic E-state index is 12.2. The Hall–Kier alpha value is -1.57. The van der Waals surface area contributed by atoms with Gasteiger partial charge in [-0.15, -0.1) is 11.3 Å². The molecule has 28 heavy (non-hydrogen) atoms. The molecule has 3 heterocycles. The number of thiazole rings is 1. The van der Waals surface area contributed by atoms with Crippen LogP contribution in [0.4, 0.5) is 0 Å². The zero-order valence-electron chi connectivity index (χ0n) is 17.3. The summed E-state index contributed by atoms with van der Waals surface area (Å²) in [5.74, 6) is 0. The fourth-order valence-corrected chi connectivity index (χ4v) is 5.12. The van der Waals surface area contributed by atoms with Gasteiger partial charge in [0.15, 0.2) is 0 Å². The van der Waals surface area contributed by atoms with E-state index in [4.69, 9.17) is 4.98 Å². The molecule has 0 aromatic carbocycles. The number of hydrogen-bond donors (Lipinski definition) is 0. The van der Waals surface area contributed by atoms with E-state index in [1.807, 2.05) is 17.4 Å². The van der Waals surface area contributed by atoms with E-state index < -0.39 is 0 Å². The first kappa shape index (κ1) is 19.7. The molecule has 4 rings (SSSR count). The van der Waals surface area contributed by atoms with Crippen LogP contribution in [0.25, 0.3) is 0 Å². The molecule has 0 atom stereocenters. The van der Waals surface area contributed by atoms with Gasteiger partial charge >= 0.3 is 0 Å². The fraction of sp³-hybridized carbons (Fsp3) is 0.667. The Balaban J connectivity index is 1.27. The Morgan fingerprint density at radius 1 is 1.04 bits per heavy atom. The molecule has 0 unspecified atom stereocenters. The predicted molar refractivity (Wildman–Crippen MR) is 113 cm³/mol. The number of aromatic nitrogens is 3. The van der Waals surface area contributed by atoms with Gasteiger partial charge in [0, 0.05) is 49.1 Å². The van der Waals surface area contributed by atoms with E-state index in [9.17, 15) is 4.79 Å². The lowest BCUT2D eigenvalue weighted by Gasteiger charge is -2.34. The SMILES string of the molecule is CC(C)(C)c1ccc(=O)n(CCN2CCN(Cc3nc4c(s3)CCC4)CC2)n1. The van der Waals surface area contributed by atoms with Crippen molar-refractivity contribution >= 4 is 11.3 Å². The highest BCUT2D eigenvalue weighted by Gasteiger charge is 2.21. The van der Waals surface area contributed by atoms with Crippen LogP contribution in [0, 0.1) is 0 Å². The maximum atomic E-state index is 12.2. The van der Waals surface area contributed by atoms with Gasteiger partial charge < -0.3 is 0 Å². The molecule has 7 heteroatoms. The second kappa shape index (κ2) is 8.05. The molecule has 0 saturated carbocycles. The van der Waals surface area contributed by atoms with E-state index in [1.165, 1.54) is 34.8 Å². The molecule has 6 nitrogen and oxygen atoms in total. The molecular weight excluding hydrogens is 370 g/mol. The smallest absolute Gasteiger partial charge is 0.266 e. The summed E-state index contributed by atoms with van der Waals surface area (Å²) in [5.41, 5.74) is 2.27. The summed E-state index contributed by atoms with van der Waals surface area (Å²) in [5, 5.41) is 5.87. The predicted octanol–water partition coefficient (Wildman–Crippen LogP) is 2.30. The molecule has 0 bridgehead atoms. The molecule has 2 aromatic rings. The van der Waals surface area contributed by atoms with Crippen molar-refractivity contribution in [3.8, 4) is 0 Å². The first-order valence-electron chi connectivity index (χ1n) is 10.4. The van der Waals surface area contributed by atoms with E-state index in [0.29, 0.717) is 6.54 Å². The average molecular weight is 402 g/mol. The van der Waals surface area contributed by atoms with Gasteiger partial charge in [-0.1, -0.05) is 20.8 Å². The van der Waals surface area contributed by atoms with Crippen LogP contribution in [0.15, 0.2) is 16.9 Å². The van der Waals surface area contributed by atoms with Crippen LogP contribution in [-0.4, -0.2) is 57.3 Å². The van der Waals surface area contributed by atoms with Crippen molar-refractivity contribution in [1.29, 1.82) is 0 Å². The highest BCUT2D eigenvalue weighted by Crippen LogP contribution is 2.28. The van der Waals surface area contributed by atoms with Gasteiger partial charge in [-0.3, -0.25) is 14.6 Å². The quantitative estimate of drug-likeness (QED) is 0.770. The third kappa shape index (κ3) is 4.53. The van der Waals surface area contributed by atoms with Crippen molar-refractivity contribution < 1.29 is 0 Å². The molecule has 0 amide bonds. The lowest BCUT2D eigenvalue weighted by atomic mass is 9.92. The number of nitrogens with zero attached hydrogens (tertiary/aromatic N) is 5. The van der Waals surface area contributed by atoms with Crippen LogP contribution in [0.2, 0.25) is 0 Å². The average Bonchev–Trinajstić information content (AvgIpc) is 3.23. The van der Waals surface area contributed by atoms with Gasteiger partial charge in [-0.25, -0.2) is 9.67 Å². The van der Waals surface area contributed by atoms with E-state index in [1.54, 1.807) is 10.7 Å². The lowest BCUT2D eigenvalue weighted by Crippen LogP contribution is -2.47. The van der Waals surface area contributed by atoms with Crippen molar-refractivity contribution in [3.63, 3.8) is 0 Å². The summed E-state index contributed by atoms with van der Waals surface area (Å²) < 4.78 is 1.63. The van der Waals surface area contributed by atoms with Gasteiger partial charge in [0.1, 0.15) is 5.01 Å². The summed E-state index contributed by atoms with van der Waals surface area (Å²) in [6, 6.07) is 3.50. The van der Waals surface area contributed by atoms with Crippen molar-refractivity contribution in [2.24, 2.45) is 0 Å². The summed E-state index contributed by atoms with van der Waals surface area (Å²) in [6.45, 7) is 13.1. The number of rotatable bonds is 5. The number of hydrogen-bond acceptors (Lipinski definition) is 6. The van der Waals surface area contributed by atoms with Gasteiger partial charge in [0.25, 0.3) is 5.56 Å². The van der Waals surface area contributed by atoms with Gasteiger partial charge in [0.05, 0.1) is 24.5 Å². The number of aryl methyl sites for hydroxylation is 2. The Morgan fingerprint density at radius 2 is 1.79 bits per heavy atom. The van der Waals surface area contributed by atoms with Crippen LogP contribution < -0.4 is 5.56 Å². The van der Waals surface area contributed by atoms with E-state index >= 15 is 0 Å². The lowest BCUT2D eigenvalue weighted by molar-refractivity contribution is 0.122. The number of piperazine rings is 1. The topological polar surface area (TPSA) is 54.3 Å². The summed E-state index contributed by atoms with van der Waals surface area (Å²) in [6.07, 6.45) is 3.68. The standard InChI is InChI=1S/C21H31N5OS/c1-21(2,3)18-7-8-20(27)26(23-18)14-13-24-9-11-25(12-10-24)15-19-22-16-5-4-6-17(16)28-19/h7-8H,4-6,9-15H2,1-3H3. The molecule has 152 valence electrons. The second-order valence-electron chi connectivity index (χ2n) is 8.98. The van der Waals surface area contributed by atoms with Gasteiger partial charge in [0.2, 0.25) is 0 Å². The first-order chi connectivity index (χ1) is 13.4. The zero-order valence-corrected chi connectivity index (χ0v) is 18.1. The molecular formula is C21H31N5OS. The molecule has 1 aliphatic heterocycles. The van der Waals surface area contributed by atoms with Crippen molar-refractivity contribution in [2.75, 3.05) is 32.7 Å². The first-order valence-corrected chi connectivity index (χ1v) is 11.2. The van der Waals surface area contributed by atoms with Crippen LogP contribution in [0.3, 0.4) is 0 Å². The fourth-order valence-electron chi connectivity index (χ4n) is 3.92. The molecule has 1 saturated heterocycles. The Kier molecular flexibility index (Phi) is 5.67. The minimum absolute atomic E-state index is 0.0107. The monoisotopic (exact) mass is 401 g/mol. The highest BCUT2D eigenvalue weighted by molar-refractivity contribution is 7.11. The van der Waals surface area contributed by atoms with Crippen molar-refractivity contribution in [2.45, 2.75) is 58.5 Å². The van der Waals surface area contributed by atoms with Crippen LogP contribution >= 0.6 is 11.3 Å². The molecule has 0 spiro atoms. The molecule has 0 N–H and O–H groups in total. The van der Waals surface area contributed by atoms with E-state index in [0.717, 1.165) is 45.0 Å². The molecule has 1 fully saturated rings. The highest BCUT2D eigenvalue weighted by atomic mass is 32.1. The van der Waals surface area contributed by atoms with E-state index in [-0.39, 0.29) is 11.0 Å². The third-order valence-corrected chi connectivity index (χ3v) is 6.87. The van der Waals surface area contributed by atoms with Gasteiger partial charge in [-0.2, -0.15) is 5.10 Å². The van der Waals surface area contributed by atoms with Crippen molar-refractivity contribution in [3.05, 3.63) is 43.8 Å². The maximum Gasteiger partial charge on any atom is 0.266 e. The van der Waals surface area contributed by atoms with Crippen LogP contribution in [0.5, 0.6) is 0 Å². The summed E-state index contributed by atoms with van der Waals surface area (Å²) >= 11 is 1.92. The molecule has 2 aromatic heterocycles. The third-order valence-electron chi connectivity index (χ3n) is 5.73. The largest absolute Gasteiger partial charge is 0.299 e. The minimum atomic E-state index is -0.0445. The minimum Gasteiger partial charge on any atom is -0.299 e.